The molecule has 0 heterocycles. The Kier molecular flexibility index (Phi) is 3.64. The highest BCUT2D eigenvalue weighted by atomic mass is 19.4. The van der Waals surface area contributed by atoms with Crippen LogP contribution in [-0.4, -0.2) is 0 Å². The SMILES string of the molecule is C#CCc1[c]ccc(C(C)C)c1C(F)(F)F. The second kappa shape index (κ2) is 4.61. The molecular weight excluding hydrogens is 213 g/mol. The van der Waals surface area contributed by atoms with Crippen molar-refractivity contribution in [2.45, 2.75) is 32.4 Å². The lowest BCUT2D eigenvalue weighted by atomic mass is 9.92. The van der Waals surface area contributed by atoms with Crippen molar-refractivity contribution >= 4 is 0 Å². The summed E-state index contributed by atoms with van der Waals surface area (Å²) in [7, 11) is 0. The van der Waals surface area contributed by atoms with Crippen LogP contribution in [0.4, 0.5) is 13.2 Å². The highest BCUT2D eigenvalue weighted by Crippen LogP contribution is 2.37. The number of benzene rings is 1. The highest BCUT2D eigenvalue weighted by Gasteiger charge is 2.36. The van der Waals surface area contributed by atoms with Gasteiger partial charge in [-0.2, -0.15) is 13.2 Å². The van der Waals surface area contributed by atoms with E-state index in [-0.39, 0.29) is 23.5 Å². The third kappa shape index (κ3) is 2.57. The Morgan fingerprint density at radius 3 is 2.50 bits per heavy atom. The van der Waals surface area contributed by atoms with Crippen molar-refractivity contribution in [2.24, 2.45) is 0 Å². The van der Waals surface area contributed by atoms with E-state index in [1.807, 2.05) is 0 Å². The molecule has 85 valence electrons. The molecule has 1 radical (unpaired) electrons. The van der Waals surface area contributed by atoms with E-state index in [0.29, 0.717) is 0 Å². The van der Waals surface area contributed by atoms with Crippen LogP contribution in [0.2, 0.25) is 0 Å². The van der Waals surface area contributed by atoms with E-state index >= 15 is 0 Å². The minimum absolute atomic E-state index is 0.0462. The number of rotatable bonds is 2. The van der Waals surface area contributed by atoms with Crippen molar-refractivity contribution in [3.8, 4) is 12.3 Å². The molecule has 0 aromatic heterocycles. The summed E-state index contributed by atoms with van der Waals surface area (Å²) in [6, 6.07) is 5.53. The van der Waals surface area contributed by atoms with Gasteiger partial charge < -0.3 is 0 Å². The van der Waals surface area contributed by atoms with E-state index in [9.17, 15) is 13.2 Å². The Morgan fingerprint density at radius 2 is 2.06 bits per heavy atom. The summed E-state index contributed by atoms with van der Waals surface area (Å²) in [5.74, 6) is 2.04. The van der Waals surface area contributed by atoms with Crippen LogP contribution in [0.3, 0.4) is 0 Å². The van der Waals surface area contributed by atoms with Crippen LogP contribution in [-0.2, 0) is 12.6 Å². The minimum atomic E-state index is -4.37. The molecule has 0 atom stereocenters. The zero-order valence-corrected chi connectivity index (χ0v) is 9.15. The molecule has 0 N–H and O–H groups in total. The molecule has 0 aliphatic heterocycles. The minimum Gasteiger partial charge on any atom is -0.166 e. The first-order chi connectivity index (χ1) is 7.38. The molecule has 1 aromatic rings. The van der Waals surface area contributed by atoms with Crippen LogP contribution in [0.25, 0.3) is 0 Å². The first-order valence-electron chi connectivity index (χ1n) is 4.92. The molecule has 0 bridgehead atoms. The van der Waals surface area contributed by atoms with Crippen LogP contribution in [0, 0.1) is 18.4 Å². The molecule has 0 spiro atoms. The topological polar surface area (TPSA) is 0 Å². The summed E-state index contributed by atoms with van der Waals surface area (Å²) in [6.07, 6.45) is 0.644. The summed E-state index contributed by atoms with van der Waals surface area (Å²) >= 11 is 0. The van der Waals surface area contributed by atoms with Crippen LogP contribution < -0.4 is 0 Å². The van der Waals surface area contributed by atoms with Crippen molar-refractivity contribution in [1.82, 2.24) is 0 Å². The molecule has 0 unspecified atom stereocenters. The summed E-state index contributed by atoms with van der Waals surface area (Å²) in [5.41, 5.74) is -0.291. The van der Waals surface area contributed by atoms with Gasteiger partial charge in [0, 0.05) is 6.42 Å². The smallest absolute Gasteiger partial charge is 0.166 e. The number of hydrogen-bond donors (Lipinski definition) is 0. The standard InChI is InChI=1S/C13H12F3/c1-4-6-10-7-5-8-11(9(2)3)12(10)13(14,15)16/h1,5,8-9H,6H2,2-3H3. The van der Waals surface area contributed by atoms with Gasteiger partial charge in [-0.05, 0) is 23.1 Å². The predicted molar refractivity (Wildman–Crippen MR) is 56.9 cm³/mol. The monoisotopic (exact) mass is 225 g/mol. The van der Waals surface area contributed by atoms with E-state index in [1.54, 1.807) is 13.8 Å². The maximum absolute atomic E-state index is 12.9. The van der Waals surface area contributed by atoms with E-state index < -0.39 is 11.7 Å². The normalized spacial score (nSPS) is 11.6. The fraction of sp³-hybridized carbons (Fsp3) is 0.385. The van der Waals surface area contributed by atoms with Gasteiger partial charge in [0.15, 0.2) is 0 Å². The quantitative estimate of drug-likeness (QED) is 0.671. The van der Waals surface area contributed by atoms with Crippen LogP contribution in [0.15, 0.2) is 12.1 Å². The molecule has 0 aliphatic carbocycles. The van der Waals surface area contributed by atoms with Gasteiger partial charge in [0.05, 0.1) is 5.56 Å². The molecule has 0 fully saturated rings. The maximum atomic E-state index is 12.9. The molecule has 0 nitrogen and oxygen atoms in total. The average molecular weight is 225 g/mol. The van der Waals surface area contributed by atoms with Gasteiger partial charge in [-0.25, -0.2) is 0 Å². The van der Waals surface area contributed by atoms with Gasteiger partial charge in [-0.3, -0.25) is 0 Å². The number of terminal acetylenes is 1. The first kappa shape index (κ1) is 12.6. The zero-order chi connectivity index (χ0) is 12.3. The summed E-state index contributed by atoms with van der Waals surface area (Å²) in [4.78, 5) is 0. The Bertz CT molecular complexity index is 408. The fourth-order valence-electron chi connectivity index (χ4n) is 1.62. The van der Waals surface area contributed by atoms with Crippen LogP contribution >= 0.6 is 0 Å². The van der Waals surface area contributed by atoms with Gasteiger partial charge >= 0.3 is 6.18 Å². The van der Waals surface area contributed by atoms with E-state index in [4.69, 9.17) is 6.42 Å². The van der Waals surface area contributed by atoms with Crippen molar-refractivity contribution in [1.29, 1.82) is 0 Å². The number of halogens is 3. The first-order valence-corrected chi connectivity index (χ1v) is 4.92. The Hall–Kier alpha value is -1.43. The molecule has 0 aliphatic rings. The van der Waals surface area contributed by atoms with Gasteiger partial charge in [0.25, 0.3) is 0 Å². The second-order valence-electron chi connectivity index (χ2n) is 3.82. The Labute approximate surface area is 93.5 Å². The van der Waals surface area contributed by atoms with E-state index in [2.05, 4.69) is 12.0 Å². The van der Waals surface area contributed by atoms with Crippen molar-refractivity contribution in [3.63, 3.8) is 0 Å². The Balaban J connectivity index is 3.42. The van der Waals surface area contributed by atoms with Crippen LogP contribution in [0.1, 0.15) is 36.5 Å². The second-order valence-corrected chi connectivity index (χ2v) is 3.82. The lowest BCUT2D eigenvalue weighted by molar-refractivity contribution is -0.138. The lowest BCUT2D eigenvalue weighted by Crippen LogP contribution is -2.13. The van der Waals surface area contributed by atoms with Gasteiger partial charge in [0.1, 0.15) is 0 Å². The van der Waals surface area contributed by atoms with Crippen molar-refractivity contribution in [3.05, 3.63) is 34.9 Å². The molecule has 0 saturated heterocycles. The number of alkyl halides is 3. The predicted octanol–water partition coefficient (Wildman–Crippen LogP) is 3.80. The fourth-order valence-corrected chi connectivity index (χ4v) is 1.62. The highest BCUT2D eigenvalue weighted by molar-refractivity contribution is 5.40. The lowest BCUT2D eigenvalue weighted by Gasteiger charge is -2.18. The largest absolute Gasteiger partial charge is 0.417 e. The molecule has 3 heteroatoms. The molecule has 1 rings (SSSR count). The summed E-state index contributed by atoms with van der Waals surface area (Å²) < 4.78 is 38.7. The van der Waals surface area contributed by atoms with Gasteiger partial charge in [0.2, 0.25) is 0 Å². The van der Waals surface area contributed by atoms with Crippen molar-refractivity contribution in [2.75, 3.05) is 0 Å². The molecule has 0 saturated carbocycles. The Morgan fingerprint density at radius 1 is 1.44 bits per heavy atom. The van der Waals surface area contributed by atoms with Gasteiger partial charge in [-0.1, -0.05) is 26.0 Å². The van der Waals surface area contributed by atoms with Crippen molar-refractivity contribution < 1.29 is 13.2 Å². The molecule has 0 amide bonds. The third-order valence-electron chi connectivity index (χ3n) is 2.30. The summed E-state index contributed by atoms with van der Waals surface area (Å²) in [5, 5.41) is 0. The maximum Gasteiger partial charge on any atom is 0.417 e. The van der Waals surface area contributed by atoms with E-state index in [1.165, 1.54) is 12.1 Å². The zero-order valence-electron chi connectivity index (χ0n) is 9.15. The average Bonchev–Trinajstić information content (AvgIpc) is 2.16. The van der Waals surface area contributed by atoms with Crippen LogP contribution in [0.5, 0.6) is 0 Å². The summed E-state index contributed by atoms with van der Waals surface area (Å²) in [6.45, 7) is 3.45. The van der Waals surface area contributed by atoms with E-state index in [0.717, 1.165) is 0 Å². The third-order valence-corrected chi connectivity index (χ3v) is 2.30. The van der Waals surface area contributed by atoms with Gasteiger partial charge in [-0.15, -0.1) is 12.3 Å². The molecular formula is C13H12F3. The number of hydrogen-bond acceptors (Lipinski definition) is 0. The molecule has 1 aromatic carbocycles. The molecule has 16 heavy (non-hydrogen) atoms.